The molecule has 0 radical (unpaired) electrons. The monoisotopic (exact) mass is 497 g/mol. The molecule has 4 rings (SSSR count). The van der Waals surface area contributed by atoms with Crippen LogP contribution in [0.2, 0.25) is 0 Å². The van der Waals surface area contributed by atoms with Crippen LogP contribution < -0.4 is 4.72 Å². The fourth-order valence-electron chi connectivity index (χ4n) is 4.84. The lowest BCUT2D eigenvalue weighted by atomic mass is 9.77. The third-order valence-corrected chi connectivity index (χ3v) is 8.60. The van der Waals surface area contributed by atoms with E-state index in [-0.39, 0.29) is 34.5 Å². The predicted octanol–water partition coefficient (Wildman–Crippen LogP) is 2.63. The highest BCUT2D eigenvalue weighted by Crippen LogP contribution is 2.40. The average molecular weight is 498 g/mol. The number of nitrogens with zero attached hydrogens (tertiary/aromatic N) is 2. The lowest BCUT2D eigenvalue weighted by Crippen LogP contribution is -2.45. The number of nitrogens with one attached hydrogen (secondary N) is 1. The molecule has 0 aliphatic carbocycles. The Morgan fingerprint density at radius 1 is 0.857 bits per heavy atom. The van der Waals surface area contributed by atoms with Crippen molar-refractivity contribution >= 4 is 27.6 Å². The number of carbonyl (C=O) groups excluding carboxylic acids is 3. The van der Waals surface area contributed by atoms with Crippen LogP contribution in [0.25, 0.3) is 0 Å². The van der Waals surface area contributed by atoms with Crippen LogP contribution in [0.4, 0.5) is 0 Å². The second-order valence-electron chi connectivity index (χ2n) is 9.63. The van der Waals surface area contributed by atoms with Crippen molar-refractivity contribution in [1.29, 1.82) is 0 Å². The minimum absolute atomic E-state index is 0.0350. The molecule has 9 heteroatoms. The Balaban J connectivity index is 1.29. The summed E-state index contributed by atoms with van der Waals surface area (Å²) < 4.78 is 27.4. The molecule has 2 aromatic carbocycles. The van der Waals surface area contributed by atoms with Gasteiger partial charge in [-0.05, 0) is 62.8 Å². The lowest BCUT2D eigenvalue weighted by molar-refractivity contribution is -0.129. The minimum Gasteiger partial charge on any atom is -0.341 e. The number of benzene rings is 2. The maximum absolute atomic E-state index is 12.9. The van der Waals surface area contributed by atoms with Gasteiger partial charge in [0, 0.05) is 37.3 Å². The number of Topliss-reactive ketones (excluding diaryl/α,β-unsaturated/α-hetero) is 1. The van der Waals surface area contributed by atoms with Crippen LogP contribution in [-0.2, 0) is 14.8 Å². The maximum Gasteiger partial charge on any atom is 0.253 e. The fraction of sp³-hybridized carbons (Fsp3) is 0.423. The molecule has 2 aromatic rings. The van der Waals surface area contributed by atoms with Crippen LogP contribution in [0.3, 0.4) is 0 Å². The van der Waals surface area contributed by atoms with Gasteiger partial charge >= 0.3 is 0 Å². The summed E-state index contributed by atoms with van der Waals surface area (Å²) in [5.41, 5.74) is 2.06. The Morgan fingerprint density at radius 2 is 1.40 bits per heavy atom. The number of ketones is 1. The zero-order valence-electron chi connectivity index (χ0n) is 20.1. The molecule has 0 aromatic heterocycles. The van der Waals surface area contributed by atoms with E-state index in [1.165, 1.54) is 19.1 Å². The van der Waals surface area contributed by atoms with Gasteiger partial charge in [0.2, 0.25) is 15.9 Å². The number of piperidine rings is 1. The number of aryl methyl sites for hydroxylation is 1. The Hall–Kier alpha value is -3.04. The van der Waals surface area contributed by atoms with Gasteiger partial charge in [0.15, 0.2) is 5.78 Å². The van der Waals surface area contributed by atoms with E-state index in [4.69, 9.17) is 0 Å². The van der Waals surface area contributed by atoms with Crippen molar-refractivity contribution in [3.63, 3.8) is 0 Å². The van der Waals surface area contributed by atoms with Gasteiger partial charge in [-0.3, -0.25) is 14.4 Å². The topological polar surface area (TPSA) is 104 Å². The van der Waals surface area contributed by atoms with E-state index in [0.717, 1.165) is 24.8 Å². The van der Waals surface area contributed by atoms with Crippen molar-refractivity contribution in [1.82, 2.24) is 14.5 Å². The molecule has 35 heavy (non-hydrogen) atoms. The van der Waals surface area contributed by atoms with Crippen LogP contribution in [0, 0.1) is 12.3 Å². The van der Waals surface area contributed by atoms with E-state index in [0.29, 0.717) is 37.3 Å². The smallest absolute Gasteiger partial charge is 0.253 e. The average Bonchev–Trinajstić information content (AvgIpc) is 3.26. The van der Waals surface area contributed by atoms with Crippen molar-refractivity contribution in [3.05, 3.63) is 65.2 Å². The first-order valence-electron chi connectivity index (χ1n) is 11.8. The molecule has 2 aliphatic rings. The van der Waals surface area contributed by atoms with E-state index in [2.05, 4.69) is 4.72 Å². The van der Waals surface area contributed by atoms with Crippen LogP contribution in [0.15, 0.2) is 53.4 Å². The highest BCUT2D eigenvalue weighted by atomic mass is 32.2. The van der Waals surface area contributed by atoms with Crippen LogP contribution in [0.5, 0.6) is 0 Å². The van der Waals surface area contributed by atoms with Gasteiger partial charge in [0.05, 0.1) is 11.4 Å². The Kier molecular flexibility index (Phi) is 7.10. The first kappa shape index (κ1) is 25.1. The lowest BCUT2D eigenvalue weighted by Gasteiger charge is -2.39. The molecule has 1 spiro atoms. The normalized spacial score (nSPS) is 17.5. The predicted molar refractivity (Wildman–Crippen MR) is 132 cm³/mol. The number of rotatable bonds is 6. The SMILES string of the molecule is CC(=O)c1ccc(C(=O)N2CCC3(CCN(C(=O)CNS(=O)(=O)c4ccc(C)cc4)C3)CC2)cc1. The van der Waals surface area contributed by atoms with E-state index in [1.807, 2.05) is 11.8 Å². The third-order valence-electron chi connectivity index (χ3n) is 7.19. The van der Waals surface area contributed by atoms with Gasteiger partial charge < -0.3 is 9.80 Å². The van der Waals surface area contributed by atoms with Gasteiger partial charge in [0.25, 0.3) is 5.91 Å². The first-order chi connectivity index (χ1) is 16.6. The van der Waals surface area contributed by atoms with E-state index < -0.39 is 10.0 Å². The number of amides is 2. The molecular formula is C26H31N3O5S. The molecule has 0 bridgehead atoms. The van der Waals surface area contributed by atoms with Gasteiger partial charge in [-0.25, -0.2) is 13.1 Å². The van der Waals surface area contributed by atoms with Crippen molar-refractivity contribution in [2.45, 2.75) is 38.0 Å². The van der Waals surface area contributed by atoms with Crippen LogP contribution in [0.1, 0.15) is 52.5 Å². The zero-order chi connectivity index (χ0) is 25.2. The molecule has 0 atom stereocenters. The van der Waals surface area contributed by atoms with Crippen molar-refractivity contribution in [2.75, 3.05) is 32.7 Å². The van der Waals surface area contributed by atoms with Crippen molar-refractivity contribution in [3.8, 4) is 0 Å². The molecule has 2 aliphatic heterocycles. The molecule has 1 N–H and O–H groups in total. The summed E-state index contributed by atoms with van der Waals surface area (Å²) in [6, 6.07) is 13.2. The summed E-state index contributed by atoms with van der Waals surface area (Å²) in [4.78, 5) is 40.8. The maximum atomic E-state index is 12.9. The first-order valence-corrected chi connectivity index (χ1v) is 13.3. The third kappa shape index (κ3) is 5.62. The molecule has 0 unspecified atom stereocenters. The van der Waals surface area contributed by atoms with Crippen molar-refractivity contribution < 1.29 is 22.8 Å². The zero-order valence-corrected chi connectivity index (χ0v) is 20.9. The van der Waals surface area contributed by atoms with Gasteiger partial charge in [-0.1, -0.05) is 29.8 Å². The highest BCUT2D eigenvalue weighted by molar-refractivity contribution is 7.89. The van der Waals surface area contributed by atoms with Crippen LogP contribution >= 0.6 is 0 Å². The number of carbonyl (C=O) groups is 3. The van der Waals surface area contributed by atoms with Gasteiger partial charge in [-0.15, -0.1) is 0 Å². The fourth-order valence-corrected chi connectivity index (χ4v) is 5.81. The largest absolute Gasteiger partial charge is 0.341 e. The standard InChI is InChI=1S/C26H31N3O5S/c1-19-3-9-23(10-4-19)35(33,34)27-17-24(31)29-16-13-26(18-29)11-14-28(15-12-26)25(32)22-7-5-21(6-8-22)20(2)30/h3-10,27H,11-18H2,1-2H3. The molecule has 2 saturated heterocycles. The number of likely N-dealkylation sites (tertiary alicyclic amines) is 2. The summed E-state index contributed by atoms with van der Waals surface area (Å²) in [6.07, 6.45) is 2.44. The summed E-state index contributed by atoms with van der Waals surface area (Å²) in [7, 11) is -3.75. The number of hydrogen-bond acceptors (Lipinski definition) is 5. The molecule has 2 amide bonds. The van der Waals surface area contributed by atoms with E-state index in [9.17, 15) is 22.8 Å². The molecule has 2 fully saturated rings. The summed E-state index contributed by atoms with van der Waals surface area (Å²) in [6.45, 7) is 5.48. The molecule has 186 valence electrons. The summed E-state index contributed by atoms with van der Waals surface area (Å²) in [5.74, 6) is -0.319. The molecule has 8 nitrogen and oxygen atoms in total. The highest BCUT2D eigenvalue weighted by Gasteiger charge is 2.42. The van der Waals surface area contributed by atoms with E-state index in [1.54, 1.807) is 41.3 Å². The molecule has 0 saturated carbocycles. The minimum atomic E-state index is -3.75. The molecule has 2 heterocycles. The van der Waals surface area contributed by atoms with Gasteiger partial charge in [0.1, 0.15) is 0 Å². The second kappa shape index (κ2) is 9.91. The summed E-state index contributed by atoms with van der Waals surface area (Å²) in [5, 5.41) is 0. The van der Waals surface area contributed by atoms with Gasteiger partial charge in [-0.2, -0.15) is 0 Å². The second-order valence-corrected chi connectivity index (χ2v) is 11.4. The Morgan fingerprint density at radius 3 is 1.97 bits per heavy atom. The van der Waals surface area contributed by atoms with Crippen molar-refractivity contribution in [2.24, 2.45) is 5.41 Å². The Bertz CT molecular complexity index is 1210. The summed E-state index contributed by atoms with van der Waals surface area (Å²) >= 11 is 0. The van der Waals surface area contributed by atoms with Crippen LogP contribution in [-0.4, -0.2) is 68.5 Å². The Labute approximate surface area is 206 Å². The quantitative estimate of drug-likeness (QED) is 0.618. The molecular weight excluding hydrogens is 466 g/mol. The number of hydrogen-bond donors (Lipinski definition) is 1. The van der Waals surface area contributed by atoms with E-state index >= 15 is 0 Å². The number of sulfonamides is 1.